The Morgan fingerprint density at radius 3 is 2.03 bits per heavy atom. The number of halogens is 2. The van der Waals surface area contributed by atoms with Gasteiger partial charge < -0.3 is 20.5 Å². The highest BCUT2D eigenvalue weighted by Crippen LogP contribution is 2.44. The van der Waals surface area contributed by atoms with Crippen LogP contribution in [-0.4, -0.2) is 48.2 Å². The number of carboxylic acid groups (broad SMARTS) is 1. The molecule has 182 valence electrons. The van der Waals surface area contributed by atoms with Gasteiger partial charge in [0.15, 0.2) is 0 Å². The smallest absolute Gasteiger partial charge is 0.407 e. The molecule has 2 amide bonds. The largest absolute Gasteiger partial charge is 0.481 e. The Morgan fingerprint density at radius 2 is 1.53 bits per heavy atom. The number of hydrogen-bond acceptors (Lipinski definition) is 4. The molecule has 0 heterocycles. The molecule has 2 unspecified atom stereocenters. The summed E-state index contributed by atoms with van der Waals surface area (Å²) in [5.41, 5.74) is 4.07. The van der Waals surface area contributed by atoms with E-state index < -0.39 is 42.9 Å². The van der Waals surface area contributed by atoms with Crippen molar-refractivity contribution in [3.63, 3.8) is 0 Å². The lowest BCUT2D eigenvalue weighted by molar-refractivity contribution is -0.138. The zero-order chi connectivity index (χ0) is 24.8. The van der Waals surface area contributed by atoms with E-state index in [0.717, 1.165) is 22.3 Å². The van der Waals surface area contributed by atoms with E-state index in [-0.39, 0.29) is 24.9 Å². The summed E-state index contributed by atoms with van der Waals surface area (Å²) in [4.78, 5) is 36.1. The van der Waals surface area contributed by atoms with Crippen molar-refractivity contribution in [1.29, 1.82) is 0 Å². The highest BCUT2D eigenvalue weighted by Gasteiger charge is 2.31. The number of alkyl halides is 2. The van der Waals surface area contributed by atoms with Gasteiger partial charge in [-0.05, 0) is 28.2 Å². The van der Waals surface area contributed by atoms with Gasteiger partial charge >= 0.3 is 12.1 Å². The second-order valence-electron chi connectivity index (χ2n) is 8.61. The molecule has 0 radical (unpaired) electrons. The van der Waals surface area contributed by atoms with E-state index in [9.17, 15) is 23.2 Å². The van der Waals surface area contributed by atoms with Crippen LogP contribution in [0.15, 0.2) is 48.5 Å². The average Bonchev–Trinajstić information content (AvgIpc) is 3.10. The van der Waals surface area contributed by atoms with E-state index in [0.29, 0.717) is 0 Å². The van der Waals surface area contributed by atoms with E-state index >= 15 is 0 Å². The monoisotopic (exact) mass is 474 g/mol. The fourth-order valence-corrected chi connectivity index (χ4v) is 4.12. The van der Waals surface area contributed by atoms with Crippen molar-refractivity contribution in [2.75, 3.05) is 6.61 Å². The highest BCUT2D eigenvalue weighted by atomic mass is 19.3. The van der Waals surface area contributed by atoms with Crippen LogP contribution in [0.2, 0.25) is 0 Å². The quantitative estimate of drug-likeness (QED) is 0.480. The molecular formula is C25H28F2N2O5. The van der Waals surface area contributed by atoms with Gasteiger partial charge in [0.25, 0.3) is 0 Å². The molecule has 34 heavy (non-hydrogen) atoms. The number of ether oxygens (including phenoxy) is 1. The molecule has 0 aliphatic heterocycles. The summed E-state index contributed by atoms with van der Waals surface area (Å²) in [5, 5.41) is 13.7. The molecule has 9 heteroatoms. The van der Waals surface area contributed by atoms with Gasteiger partial charge in [-0.25, -0.2) is 13.6 Å². The Morgan fingerprint density at radius 1 is 0.971 bits per heavy atom. The summed E-state index contributed by atoms with van der Waals surface area (Å²) in [5.74, 6) is -2.48. The van der Waals surface area contributed by atoms with Crippen molar-refractivity contribution >= 4 is 18.0 Å². The van der Waals surface area contributed by atoms with Crippen LogP contribution in [0.5, 0.6) is 0 Å². The van der Waals surface area contributed by atoms with Gasteiger partial charge in [0, 0.05) is 18.4 Å². The molecule has 3 N–H and O–H groups in total. The number of rotatable bonds is 10. The summed E-state index contributed by atoms with van der Waals surface area (Å²) in [6.45, 7) is 3.38. The van der Waals surface area contributed by atoms with Crippen molar-refractivity contribution in [3.8, 4) is 11.1 Å². The molecule has 2 aromatic rings. The maximum atomic E-state index is 13.1. The number of fused-ring (bicyclic) bond motifs is 3. The number of nitrogens with one attached hydrogen (secondary N) is 2. The molecule has 1 aliphatic rings. The molecule has 3 rings (SSSR count). The summed E-state index contributed by atoms with van der Waals surface area (Å²) < 4.78 is 31.5. The zero-order valence-corrected chi connectivity index (χ0v) is 19.0. The van der Waals surface area contributed by atoms with Crippen molar-refractivity contribution < 1.29 is 33.0 Å². The number of alkyl carbamates (subject to hydrolysis) is 1. The minimum Gasteiger partial charge on any atom is -0.481 e. The first-order chi connectivity index (χ1) is 16.2. The van der Waals surface area contributed by atoms with Crippen LogP contribution >= 0.6 is 0 Å². The second kappa shape index (κ2) is 11.1. The maximum Gasteiger partial charge on any atom is 0.407 e. The molecule has 1 aliphatic carbocycles. The van der Waals surface area contributed by atoms with Crippen LogP contribution in [0, 0.1) is 5.92 Å². The maximum absolute atomic E-state index is 13.1. The normalized spacial score (nSPS) is 14.3. The third kappa shape index (κ3) is 6.09. The Bertz CT molecular complexity index is 998. The van der Waals surface area contributed by atoms with E-state index in [2.05, 4.69) is 10.6 Å². The molecule has 0 bridgehead atoms. The molecule has 0 fully saturated rings. The Balaban J connectivity index is 1.66. The van der Waals surface area contributed by atoms with Crippen LogP contribution in [0.3, 0.4) is 0 Å². The van der Waals surface area contributed by atoms with E-state index in [1.165, 1.54) is 0 Å². The van der Waals surface area contributed by atoms with Crippen molar-refractivity contribution in [1.82, 2.24) is 10.6 Å². The fourth-order valence-electron chi connectivity index (χ4n) is 4.12. The SMILES string of the molecule is CC(C)C(CC(=O)O)NC(=O)C(CC(F)F)NC(=O)OCC1c2ccccc2-c2ccccc21. The number of carboxylic acids is 1. The lowest BCUT2D eigenvalue weighted by Crippen LogP contribution is -2.52. The minimum atomic E-state index is -2.86. The third-order valence-corrected chi connectivity index (χ3v) is 5.89. The standard InChI is InChI=1S/C25H28F2N2O5/c1-14(2)20(12-23(30)31)28-24(32)21(11-22(26)27)29-25(33)34-13-19-17-9-5-3-7-15(17)16-8-4-6-10-18(16)19/h3-10,14,19-22H,11-13H2,1-2H3,(H,28,32)(H,29,33)(H,30,31). The fraction of sp³-hybridized carbons (Fsp3) is 0.400. The van der Waals surface area contributed by atoms with Crippen molar-refractivity contribution in [3.05, 3.63) is 59.7 Å². The number of benzene rings is 2. The summed E-state index contributed by atoms with van der Waals surface area (Å²) in [6, 6.07) is 13.2. The number of carbonyl (C=O) groups excluding carboxylic acids is 2. The van der Waals surface area contributed by atoms with Gasteiger partial charge in [0.2, 0.25) is 12.3 Å². The second-order valence-corrected chi connectivity index (χ2v) is 8.61. The third-order valence-electron chi connectivity index (χ3n) is 5.89. The summed E-state index contributed by atoms with van der Waals surface area (Å²) in [6.07, 6.45) is -5.15. The Kier molecular flexibility index (Phi) is 8.20. The van der Waals surface area contributed by atoms with Gasteiger partial charge in [-0.1, -0.05) is 62.4 Å². The predicted octanol–water partition coefficient (Wildman–Crippen LogP) is 4.16. The molecule has 0 spiro atoms. The van der Waals surface area contributed by atoms with Gasteiger partial charge in [-0.15, -0.1) is 0 Å². The van der Waals surface area contributed by atoms with Crippen LogP contribution in [0.4, 0.5) is 13.6 Å². The lowest BCUT2D eigenvalue weighted by Gasteiger charge is -2.25. The number of amides is 2. The molecule has 2 atom stereocenters. The van der Waals surface area contributed by atoms with E-state index in [4.69, 9.17) is 9.84 Å². The topological polar surface area (TPSA) is 105 Å². The first-order valence-electron chi connectivity index (χ1n) is 11.1. The molecule has 0 saturated carbocycles. The van der Waals surface area contributed by atoms with Crippen molar-refractivity contribution in [2.24, 2.45) is 5.92 Å². The Labute approximate surface area is 196 Å². The first kappa shape index (κ1) is 25.1. The Hall–Kier alpha value is -3.49. The number of aliphatic carboxylic acids is 1. The summed E-state index contributed by atoms with van der Waals surface area (Å²) >= 11 is 0. The summed E-state index contributed by atoms with van der Waals surface area (Å²) in [7, 11) is 0. The molecular weight excluding hydrogens is 446 g/mol. The molecule has 2 aromatic carbocycles. The molecule has 0 aromatic heterocycles. The number of carbonyl (C=O) groups is 3. The molecule has 7 nitrogen and oxygen atoms in total. The van der Waals surface area contributed by atoms with Gasteiger partial charge in [0.1, 0.15) is 12.6 Å². The predicted molar refractivity (Wildman–Crippen MR) is 122 cm³/mol. The van der Waals surface area contributed by atoms with Gasteiger partial charge in [-0.3, -0.25) is 9.59 Å². The van der Waals surface area contributed by atoms with E-state index in [1.54, 1.807) is 13.8 Å². The van der Waals surface area contributed by atoms with Crippen LogP contribution < -0.4 is 10.6 Å². The molecule has 0 saturated heterocycles. The van der Waals surface area contributed by atoms with Crippen LogP contribution in [0.25, 0.3) is 11.1 Å². The first-order valence-corrected chi connectivity index (χ1v) is 11.1. The van der Waals surface area contributed by atoms with Crippen LogP contribution in [-0.2, 0) is 14.3 Å². The highest BCUT2D eigenvalue weighted by molar-refractivity contribution is 5.86. The van der Waals surface area contributed by atoms with Gasteiger partial charge in [0.05, 0.1) is 6.42 Å². The zero-order valence-electron chi connectivity index (χ0n) is 19.0. The van der Waals surface area contributed by atoms with Crippen LogP contribution in [0.1, 0.15) is 43.7 Å². The minimum absolute atomic E-state index is 0.0312. The van der Waals surface area contributed by atoms with E-state index in [1.807, 2.05) is 48.5 Å². The number of hydrogen-bond donors (Lipinski definition) is 3. The average molecular weight is 475 g/mol. The van der Waals surface area contributed by atoms with Crippen molar-refractivity contribution in [2.45, 2.75) is 51.1 Å². The van der Waals surface area contributed by atoms with Gasteiger partial charge in [-0.2, -0.15) is 0 Å². The lowest BCUT2D eigenvalue weighted by atomic mass is 9.98.